The van der Waals surface area contributed by atoms with Gasteiger partial charge in [0, 0.05) is 18.8 Å². The molecule has 1 atom stereocenters. The number of hydrogen-bond acceptors (Lipinski definition) is 2. The van der Waals surface area contributed by atoms with Gasteiger partial charge < -0.3 is 15.6 Å². The number of carbonyl (C=O) groups excluding carboxylic acids is 1. The van der Waals surface area contributed by atoms with Crippen LogP contribution in [-0.2, 0) is 6.54 Å². The molecule has 0 aliphatic heterocycles. The van der Waals surface area contributed by atoms with Gasteiger partial charge in [-0.05, 0) is 25.8 Å². The van der Waals surface area contributed by atoms with Crippen LogP contribution in [0.1, 0.15) is 38.2 Å². The van der Waals surface area contributed by atoms with Crippen molar-refractivity contribution in [2.45, 2.75) is 40.3 Å². The second-order valence-corrected chi connectivity index (χ2v) is 4.45. The summed E-state index contributed by atoms with van der Waals surface area (Å²) in [4.78, 5) is 12.0. The van der Waals surface area contributed by atoms with Crippen LogP contribution >= 0.6 is 0 Å². The van der Waals surface area contributed by atoms with Crippen molar-refractivity contribution in [3.8, 4) is 0 Å². The Bertz CT molecular complexity index is 368. The van der Waals surface area contributed by atoms with E-state index in [1.807, 2.05) is 18.4 Å². The number of nitrogens with one attached hydrogen (secondary N) is 1. The number of amides is 1. The minimum Gasteiger partial charge on any atom is -0.397 e. The lowest BCUT2D eigenvalue weighted by molar-refractivity contribution is 0.0921. The molecule has 1 rings (SSSR count). The predicted octanol–water partition coefficient (Wildman–Crippen LogP) is 1.86. The second kappa shape index (κ2) is 5.05. The summed E-state index contributed by atoms with van der Waals surface area (Å²) in [6, 6.07) is 1.88. The van der Waals surface area contributed by atoms with E-state index in [-0.39, 0.29) is 11.9 Å². The zero-order valence-corrected chi connectivity index (χ0v) is 10.4. The van der Waals surface area contributed by atoms with Crippen LogP contribution in [0.25, 0.3) is 0 Å². The lowest BCUT2D eigenvalue weighted by atomic mass is 10.1. The first-order chi connectivity index (χ1) is 7.45. The number of nitrogens with two attached hydrogens (primary N) is 1. The highest BCUT2D eigenvalue weighted by Gasteiger charge is 2.15. The van der Waals surface area contributed by atoms with E-state index in [1.165, 1.54) is 0 Å². The van der Waals surface area contributed by atoms with Crippen LogP contribution < -0.4 is 11.1 Å². The van der Waals surface area contributed by atoms with Crippen LogP contribution in [0.5, 0.6) is 0 Å². The first-order valence-electron chi connectivity index (χ1n) is 5.72. The van der Waals surface area contributed by atoms with E-state index < -0.39 is 0 Å². The van der Waals surface area contributed by atoms with Gasteiger partial charge in [-0.15, -0.1) is 0 Å². The molecule has 90 valence electrons. The van der Waals surface area contributed by atoms with E-state index in [1.54, 1.807) is 12.3 Å². The van der Waals surface area contributed by atoms with Crippen LogP contribution in [-0.4, -0.2) is 16.5 Å². The Hall–Kier alpha value is -1.45. The molecule has 4 nitrogen and oxygen atoms in total. The van der Waals surface area contributed by atoms with E-state index in [0.717, 1.165) is 6.54 Å². The maximum Gasteiger partial charge on any atom is 0.268 e. The highest BCUT2D eigenvalue weighted by atomic mass is 16.2. The number of anilines is 1. The maximum atomic E-state index is 12.0. The molecular formula is C12H21N3O. The number of carbonyl (C=O) groups is 1. The lowest BCUT2D eigenvalue weighted by Gasteiger charge is -2.17. The minimum absolute atomic E-state index is 0.0558. The SMILES string of the molecule is CCn1cc(N)cc1C(=O)NC(C)C(C)C. The Labute approximate surface area is 96.8 Å². The zero-order valence-electron chi connectivity index (χ0n) is 10.4. The van der Waals surface area contributed by atoms with Crippen molar-refractivity contribution >= 4 is 11.6 Å². The molecule has 1 aromatic heterocycles. The van der Waals surface area contributed by atoms with Crippen molar-refractivity contribution in [2.75, 3.05) is 5.73 Å². The summed E-state index contributed by atoms with van der Waals surface area (Å²) < 4.78 is 1.86. The van der Waals surface area contributed by atoms with Crippen LogP contribution in [0.15, 0.2) is 12.3 Å². The van der Waals surface area contributed by atoms with Crippen LogP contribution in [0.2, 0.25) is 0 Å². The molecule has 0 saturated heterocycles. The summed E-state index contributed by atoms with van der Waals surface area (Å²) >= 11 is 0. The standard InChI is InChI=1S/C12H21N3O/c1-5-15-7-10(13)6-11(15)12(16)14-9(4)8(2)3/h6-9H,5,13H2,1-4H3,(H,14,16). The van der Waals surface area contributed by atoms with Gasteiger partial charge in [0.25, 0.3) is 5.91 Å². The third-order valence-corrected chi connectivity index (χ3v) is 2.85. The quantitative estimate of drug-likeness (QED) is 0.818. The van der Waals surface area contributed by atoms with Gasteiger partial charge in [-0.3, -0.25) is 4.79 Å². The molecule has 4 heteroatoms. The predicted molar refractivity (Wildman–Crippen MR) is 66.3 cm³/mol. The van der Waals surface area contributed by atoms with Crippen molar-refractivity contribution in [3.63, 3.8) is 0 Å². The summed E-state index contributed by atoms with van der Waals surface area (Å²) in [5.41, 5.74) is 6.94. The fourth-order valence-electron chi connectivity index (χ4n) is 1.43. The molecule has 0 bridgehead atoms. The molecule has 3 N–H and O–H groups in total. The van der Waals surface area contributed by atoms with Gasteiger partial charge in [0.2, 0.25) is 0 Å². The Balaban J connectivity index is 2.80. The Morgan fingerprint density at radius 1 is 1.50 bits per heavy atom. The number of hydrogen-bond donors (Lipinski definition) is 2. The number of aromatic nitrogens is 1. The Kier molecular flexibility index (Phi) is 3.99. The number of aryl methyl sites for hydroxylation is 1. The van der Waals surface area contributed by atoms with Crippen LogP contribution in [0.3, 0.4) is 0 Å². The molecule has 1 aromatic rings. The number of rotatable bonds is 4. The van der Waals surface area contributed by atoms with Crippen molar-refractivity contribution in [1.29, 1.82) is 0 Å². The zero-order chi connectivity index (χ0) is 12.3. The van der Waals surface area contributed by atoms with Gasteiger partial charge in [0.15, 0.2) is 0 Å². The van der Waals surface area contributed by atoms with Crippen LogP contribution in [0, 0.1) is 5.92 Å². The van der Waals surface area contributed by atoms with Crippen LogP contribution in [0.4, 0.5) is 5.69 Å². The molecule has 0 spiro atoms. The molecule has 0 radical (unpaired) electrons. The maximum absolute atomic E-state index is 12.0. The van der Waals surface area contributed by atoms with Gasteiger partial charge in [0.1, 0.15) is 5.69 Å². The topological polar surface area (TPSA) is 60.0 Å². The summed E-state index contributed by atoms with van der Waals surface area (Å²) in [5.74, 6) is 0.367. The largest absolute Gasteiger partial charge is 0.397 e. The Morgan fingerprint density at radius 2 is 2.12 bits per heavy atom. The molecule has 0 fully saturated rings. The number of nitrogens with zero attached hydrogens (tertiary/aromatic N) is 1. The Morgan fingerprint density at radius 3 is 2.62 bits per heavy atom. The molecule has 16 heavy (non-hydrogen) atoms. The van der Waals surface area contributed by atoms with Crippen molar-refractivity contribution in [3.05, 3.63) is 18.0 Å². The van der Waals surface area contributed by atoms with E-state index >= 15 is 0 Å². The number of nitrogen functional groups attached to an aromatic ring is 1. The van der Waals surface area contributed by atoms with Gasteiger partial charge >= 0.3 is 0 Å². The fourth-order valence-corrected chi connectivity index (χ4v) is 1.43. The molecular weight excluding hydrogens is 202 g/mol. The molecule has 0 aliphatic carbocycles. The minimum atomic E-state index is -0.0558. The summed E-state index contributed by atoms with van der Waals surface area (Å²) in [5, 5.41) is 2.97. The van der Waals surface area contributed by atoms with Gasteiger partial charge in [0.05, 0.1) is 5.69 Å². The van der Waals surface area contributed by atoms with Crippen molar-refractivity contribution < 1.29 is 4.79 Å². The highest BCUT2D eigenvalue weighted by molar-refractivity contribution is 5.94. The van der Waals surface area contributed by atoms with Crippen molar-refractivity contribution in [1.82, 2.24) is 9.88 Å². The summed E-state index contributed by atoms with van der Waals surface area (Å²) in [7, 11) is 0. The third-order valence-electron chi connectivity index (χ3n) is 2.85. The molecule has 1 amide bonds. The molecule has 1 heterocycles. The van der Waals surface area contributed by atoms with E-state index in [9.17, 15) is 4.79 Å². The molecule has 0 aromatic carbocycles. The highest BCUT2D eigenvalue weighted by Crippen LogP contribution is 2.11. The van der Waals surface area contributed by atoms with Gasteiger partial charge in [-0.1, -0.05) is 13.8 Å². The van der Waals surface area contributed by atoms with E-state index in [2.05, 4.69) is 19.2 Å². The normalized spacial score (nSPS) is 12.8. The average molecular weight is 223 g/mol. The monoisotopic (exact) mass is 223 g/mol. The first-order valence-corrected chi connectivity index (χ1v) is 5.72. The molecule has 1 unspecified atom stereocenters. The molecule has 0 aliphatic rings. The van der Waals surface area contributed by atoms with E-state index in [0.29, 0.717) is 17.3 Å². The molecule has 0 saturated carbocycles. The summed E-state index contributed by atoms with van der Waals surface area (Å²) in [6.07, 6.45) is 1.79. The fraction of sp³-hybridized carbons (Fsp3) is 0.583. The van der Waals surface area contributed by atoms with Gasteiger partial charge in [-0.2, -0.15) is 0 Å². The van der Waals surface area contributed by atoms with Crippen molar-refractivity contribution in [2.24, 2.45) is 5.92 Å². The third kappa shape index (κ3) is 2.78. The summed E-state index contributed by atoms with van der Waals surface area (Å²) in [6.45, 7) is 8.90. The smallest absolute Gasteiger partial charge is 0.268 e. The van der Waals surface area contributed by atoms with E-state index in [4.69, 9.17) is 5.73 Å². The first kappa shape index (κ1) is 12.6. The average Bonchev–Trinajstić information content (AvgIpc) is 2.59. The van der Waals surface area contributed by atoms with Gasteiger partial charge in [-0.25, -0.2) is 0 Å². The second-order valence-electron chi connectivity index (χ2n) is 4.45. The lowest BCUT2D eigenvalue weighted by Crippen LogP contribution is -2.37.